The molecule has 0 aromatic heterocycles. The van der Waals surface area contributed by atoms with Crippen LogP contribution in [0.2, 0.25) is 0 Å². The molecule has 0 saturated heterocycles. The number of halogens is 2. The van der Waals surface area contributed by atoms with Gasteiger partial charge in [-0.05, 0) is 42.0 Å². The first kappa shape index (κ1) is 17.9. The molecule has 2 N–H and O–H groups in total. The summed E-state index contributed by atoms with van der Waals surface area (Å²) in [6, 6.07) is 11.6. The molecule has 2 amide bonds. The first-order valence-corrected chi connectivity index (χ1v) is 8.01. The lowest BCUT2D eigenvalue weighted by Gasteiger charge is -2.05. The Bertz CT molecular complexity index is 773. The third-order valence-corrected chi connectivity index (χ3v) is 3.61. The van der Waals surface area contributed by atoms with Gasteiger partial charge in [-0.2, -0.15) is 0 Å². The van der Waals surface area contributed by atoms with E-state index in [0.29, 0.717) is 11.3 Å². The Morgan fingerprint density at radius 3 is 2.54 bits per heavy atom. The van der Waals surface area contributed by atoms with Crippen molar-refractivity contribution in [2.24, 2.45) is 0 Å². The highest BCUT2D eigenvalue weighted by Gasteiger charge is 2.04. The standard InChI is InChI=1S/C18H16BrFN2O2/c1-12(23)22-16-6-2-13(3-7-16)4-9-18(24)21-11-14-10-15(19)5-8-17(14)20/h2-10H,11H2,1H3,(H,21,24)(H,22,23)/b9-4+. The Balaban J connectivity index is 1.90. The molecule has 124 valence electrons. The van der Waals surface area contributed by atoms with E-state index in [-0.39, 0.29) is 24.2 Å². The van der Waals surface area contributed by atoms with Gasteiger partial charge < -0.3 is 10.6 Å². The van der Waals surface area contributed by atoms with E-state index >= 15 is 0 Å². The van der Waals surface area contributed by atoms with Gasteiger partial charge in [0.1, 0.15) is 5.82 Å². The third kappa shape index (κ3) is 5.62. The number of carbonyl (C=O) groups is 2. The lowest BCUT2D eigenvalue weighted by Crippen LogP contribution is -2.20. The molecule has 2 aromatic carbocycles. The summed E-state index contributed by atoms with van der Waals surface area (Å²) in [6.07, 6.45) is 3.02. The van der Waals surface area contributed by atoms with E-state index in [4.69, 9.17) is 0 Å². The number of hydrogen-bond donors (Lipinski definition) is 2. The molecule has 6 heteroatoms. The lowest BCUT2D eigenvalue weighted by atomic mass is 10.2. The Labute approximate surface area is 147 Å². The van der Waals surface area contributed by atoms with Crippen molar-refractivity contribution in [3.63, 3.8) is 0 Å². The van der Waals surface area contributed by atoms with Gasteiger partial charge in [0.05, 0.1) is 0 Å². The molecule has 0 aliphatic rings. The van der Waals surface area contributed by atoms with Gasteiger partial charge in [-0.25, -0.2) is 4.39 Å². The molecule has 0 bridgehead atoms. The molecule has 2 aromatic rings. The summed E-state index contributed by atoms with van der Waals surface area (Å²) in [5.41, 5.74) is 1.91. The zero-order chi connectivity index (χ0) is 17.5. The van der Waals surface area contributed by atoms with Gasteiger partial charge in [-0.1, -0.05) is 28.1 Å². The maximum absolute atomic E-state index is 13.6. The van der Waals surface area contributed by atoms with Crippen LogP contribution in [0.4, 0.5) is 10.1 Å². The SMILES string of the molecule is CC(=O)Nc1ccc(/C=C/C(=O)NCc2cc(Br)ccc2F)cc1. The lowest BCUT2D eigenvalue weighted by molar-refractivity contribution is -0.116. The van der Waals surface area contributed by atoms with Crippen LogP contribution >= 0.6 is 15.9 Å². The third-order valence-electron chi connectivity index (χ3n) is 3.12. The van der Waals surface area contributed by atoms with Crippen molar-refractivity contribution >= 4 is 39.5 Å². The van der Waals surface area contributed by atoms with Gasteiger partial charge in [-0.3, -0.25) is 9.59 Å². The molecular formula is C18H16BrFN2O2. The molecule has 2 rings (SSSR count). The number of carbonyl (C=O) groups excluding carboxylic acids is 2. The monoisotopic (exact) mass is 390 g/mol. The molecule has 0 saturated carbocycles. The molecule has 0 heterocycles. The largest absolute Gasteiger partial charge is 0.348 e. The topological polar surface area (TPSA) is 58.2 Å². The zero-order valence-electron chi connectivity index (χ0n) is 13.0. The van der Waals surface area contributed by atoms with Crippen molar-refractivity contribution in [2.75, 3.05) is 5.32 Å². The highest BCUT2D eigenvalue weighted by atomic mass is 79.9. The van der Waals surface area contributed by atoms with Crippen LogP contribution in [0.3, 0.4) is 0 Å². The molecule has 0 atom stereocenters. The number of nitrogens with one attached hydrogen (secondary N) is 2. The van der Waals surface area contributed by atoms with Crippen molar-refractivity contribution < 1.29 is 14.0 Å². The van der Waals surface area contributed by atoms with E-state index in [0.717, 1.165) is 10.0 Å². The second-order valence-electron chi connectivity index (χ2n) is 5.09. The second-order valence-corrected chi connectivity index (χ2v) is 6.01. The zero-order valence-corrected chi connectivity index (χ0v) is 14.6. The molecular weight excluding hydrogens is 375 g/mol. The number of amides is 2. The smallest absolute Gasteiger partial charge is 0.244 e. The fourth-order valence-electron chi connectivity index (χ4n) is 1.97. The second kappa shape index (κ2) is 8.40. The predicted molar refractivity (Wildman–Crippen MR) is 95.7 cm³/mol. The van der Waals surface area contributed by atoms with Crippen molar-refractivity contribution in [1.29, 1.82) is 0 Å². The average Bonchev–Trinajstić information content (AvgIpc) is 2.54. The first-order valence-electron chi connectivity index (χ1n) is 7.21. The van der Waals surface area contributed by atoms with Gasteiger partial charge in [0, 0.05) is 35.3 Å². The number of benzene rings is 2. The van der Waals surface area contributed by atoms with E-state index in [1.54, 1.807) is 42.5 Å². The molecule has 24 heavy (non-hydrogen) atoms. The molecule has 0 fully saturated rings. The minimum atomic E-state index is -0.365. The number of hydrogen-bond acceptors (Lipinski definition) is 2. The van der Waals surface area contributed by atoms with E-state index in [2.05, 4.69) is 26.6 Å². The summed E-state index contributed by atoms with van der Waals surface area (Å²) in [6.45, 7) is 1.54. The quantitative estimate of drug-likeness (QED) is 0.761. The van der Waals surface area contributed by atoms with Crippen molar-refractivity contribution in [3.8, 4) is 0 Å². The van der Waals surface area contributed by atoms with Crippen molar-refractivity contribution in [3.05, 3.63) is 70.0 Å². The van der Waals surface area contributed by atoms with E-state index in [1.165, 1.54) is 19.1 Å². The van der Waals surface area contributed by atoms with Gasteiger partial charge >= 0.3 is 0 Å². The summed E-state index contributed by atoms with van der Waals surface area (Å²) < 4.78 is 14.3. The van der Waals surface area contributed by atoms with E-state index in [9.17, 15) is 14.0 Å². The van der Waals surface area contributed by atoms with Crippen molar-refractivity contribution in [2.45, 2.75) is 13.5 Å². The predicted octanol–water partition coefficient (Wildman–Crippen LogP) is 3.88. The van der Waals surface area contributed by atoms with E-state index in [1.807, 2.05) is 0 Å². The van der Waals surface area contributed by atoms with Crippen LogP contribution in [0.15, 0.2) is 53.0 Å². The first-order chi connectivity index (χ1) is 11.4. The molecule has 0 unspecified atom stereocenters. The maximum atomic E-state index is 13.6. The van der Waals surface area contributed by atoms with Crippen LogP contribution in [0, 0.1) is 5.82 Å². The van der Waals surface area contributed by atoms with Crippen LogP contribution < -0.4 is 10.6 Å². The van der Waals surface area contributed by atoms with Gasteiger partial charge in [0.15, 0.2) is 0 Å². The summed E-state index contributed by atoms with van der Waals surface area (Å²) in [7, 11) is 0. The minimum Gasteiger partial charge on any atom is -0.348 e. The highest BCUT2D eigenvalue weighted by molar-refractivity contribution is 9.10. The van der Waals surface area contributed by atoms with Crippen LogP contribution in [-0.2, 0) is 16.1 Å². The molecule has 0 aliphatic carbocycles. The van der Waals surface area contributed by atoms with Gasteiger partial charge in [-0.15, -0.1) is 0 Å². The highest BCUT2D eigenvalue weighted by Crippen LogP contribution is 2.15. The Morgan fingerprint density at radius 2 is 1.88 bits per heavy atom. The molecule has 0 aliphatic heterocycles. The molecule has 0 radical (unpaired) electrons. The molecule has 4 nitrogen and oxygen atoms in total. The summed E-state index contributed by atoms with van der Waals surface area (Å²) >= 11 is 3.27. The minimum absolute atomic E-state index is 0.107. The Kier molecular flexibility index (Phi) is 6.26. The van der Waals surface area contributed by atoms with Gasteiger partial charge in [0.2, 0.25) is 11.8 Å². The molecule has 0 spiro atoms. The summed E-state index contributed by atoms with van der Waals surface area (Å²) in [5, 5.41) is 5.29. The number of anilines is 1. The van der Waals surface area contributed by atoms with Crippen LogP contribution in [0.1, 0.15) is 18.1 Å². The summed E-state index contributed by atoms with van der Waals surface area (Å²) in [5.74, 6) is -0.825. The Morgan fingerprint density at radius 1 is 1.17 bits per heavy atom. The van der Waals surface area contributed by atoms with Gasteiger partial charge in [0.25, 0.3) is 0 Å². The maximum Gasteiger partial charge on any atom is 0.244 e. The summed E-state index contributed by atoms with van der Waals surface area (Å²) in [4.78, 5) is 22.7. The fraction of sp³-hybridized carbons (Fsp3) is 0.111. The fourth-order valence-corrected chi connectivity index (χ4v) is 2.38. The van der Waals surface area contributed by atoms with Crippen LogP contribution in [0.5, 0.6) is 0 Å². The Hall–Kier alpha value is -2.47. The number of rotatable bonds is 5. The van der Waals surface area contributed by atoms with Crippen molar-refractivity contribution in [1.82, 2.24) is 5.32 Å². The van der Waals surface area contributed by atoms with E-state index < -0.39 is 0 Å². The normalized spacial score (nSPS) is 10.6. The van der Waals surface area contributed by atoms with Crippen LogP contribution in [-0.4, -0.2) is 11.8 Å². The average molecular weight is 391 g/mol. The van der Waals surface area contributed by atoms with Crippen LogP contribution in [0.25, 0.3) is 6.08 Å².